The fourth-order valence-electron chi connectivity index (χ4n) is 2.28. The minimum atomic E-state index is -0.136. The van der Waals surface area contributed by atoms with Gasteiger partial charge in [0.1, 0.15) is 5.75 Å². The van der Waals surface area contributed by atoms with Crippen molar-refractivity contribution in [3.05, 3.63) is 70.7 Å². The first kappa shape index (κ1) is 14.6. The SMILES string of the molecule is COc1ccc(NC(=O)c2ccc3ccccc3c2)cc1Br. The normalized spacial score (nSPS) is 10.5. The van der Waals surface area contributed by atoms with Gasteiger partial charge >= 0.3 is 0 Å². The van der Waals surface area contributed by atoms with Crippen LogP contribution in [0.25, 0.3) is 10.8 Å². The minimum absolute atomic E-state index is 0.136. The zero-order chi connectivity index (χ0) is 15.5. The Hall–Kier alpha value is -2.33. The van der Waals surface area contributed by atoms with E-state index >= 15 is 0 Å². The quantitative estimate of drug-likeness (QED) is 0.728. The molecule has 0 unspecified atom stereocenters. The molecule has 110 valence electrons. The number of hydrogen-bond acceptors (Lipinski definition) is 2. The van der Waals surface area contributed by atoms with Crippen LogP contribution in [0, 0.1) is 0 Å². The molecular formula is C18H14BrNO2. The smallest absolute Gasteiger partial charge is 0.255 e. The molecule has 0 aliphatic heterocycles. The maximum absolute atomic E-state index is 12.4. The van der Waals surface area contributed by atoms with Crippen LogP contribution in [0.1, 0.15) is 10.4 Å². The second kappa shape index (κ2) is 6.20. The molecule has 3 rings (SSSR count). The number of ether oxygens (including phenoxy) is 1. The minimum Gasteiger partial charge on any atom is -0.496 e. The first-order valence-corrected chi connectivity index (χ1v) is 7.60. The third-order valence-electron chi connectivity index (χ3n) is 3.42. The zero-order valence-corrected chi connectivity index (χ0v) is 13.6. The van der Waals surface area contributed by atoms with Crippen molar-refractivity contribution >= 4 is 38.3 Å². The lowest BCUT2D eigenvalue weighted by molar-refractivity contribution is 0.102. The summed E-state index contributed by atoms with van der Waals surface area (Å²) in [5.41, 5.74) is 1.34. The predicted molar refractivity (Wildman–Crippen MR) is 92.6 cm³/mol. The van der Waals surface area contributed by atoms with Gasteiger partial charge in [-0.3, -0.25) is 4.79 Å². The Kier molecular flexibility index (Phi) is 4.11. The number of amides is 1. The van der Waals surface area contributed by atoms with Gasteiger partial charge in [0.05, 0.1) is 11.6 Å². The molecule has 1 amide bonds. The van der Waals surface area contributed by atoms with E-state index in [4.69, 9.17) is 4.74 Å². The van der Waals surface area contributed by atoms with Gasteiger partial charge in [-0.1, -0.05) is 30.3 Å². The number of halogens is 1. The molecule has 3 aromatic carbocycles. The summed E-state index contributed by atoms with van der Waals surface area (Å²) in [5.74, 6) is 0.589. The molecule has 0 fully saturated rings. The van der Waals surface area contributed by atoms with Crippen molar-refractivity contribution in [1.29, 1.82) is 0 Å². The van der Waals surface area contributed by atoms with Crippen molar-refractivity contribution in [2.75, 3.05) is 12.4 Å². The van der Waals surface area contributed by atoms with Crippen LogP contribution in [-0.2, 0) is 0 Å². The summed E-state index contributed by atoms with van der Waals surface area (Å²) in [5, 5.41) is 5.05. The average Bonchev–Trinajstić information content (AvgIpc) is 2.54. The van der Waals surface area contributed by atoms with E-state index in [-0.39, 0.29) is 5.91 Å². The van der Waals surface area contributed by atoms with Gasteiger partial charge in [-0.05, 0) is 57.0 Å². The molecule has 0 spiro atoms. The molecule has 0 radical (unpaired) electrons. The highest BCUT2D eigenvalue weighted by atomic mass is 79.9. The monoisotopic (exact) mass is 355 g/mol. The summed E-state index contributed by atoms with van der Waals surface area (Å²) >= 11 is 3.41. The molecular weight excluding hydrogens is 342 g/mol. The second-order valence-electron chi connectivity index (χ2n) is 4.87. The van der Waals surface area contributed by atoms with Crippen LogP contribution in [0.15, 0.2) is 65.1 Å². The molecule has 3 nitrogen and oxygen atoms in total. The van der Waals surface area contributed by atoms with Gasteiger partial charge in [-0.15, -0.1) is 0 Å². The fraction of sp³-hybridized carbons (Fsp3) is 0.0556. The van der Waals surface area contributed by atoms with Crippen LogP contribution < -0.4 is 10.1 Å². The number of anilines is 1. The number of nitrogens with one attached hydrogen (secondary N) is 1. The van der Waals surface area contributed by atoms with Gasteiger partial charge < -0.3 is 10.1 Å². The summed E-state index contributed by atoms with van der Waals surface area (Å²) < 4.78 is 5.98. The van der Waals surface area contributed by atoms with Gasteiger partial charge in [0.2, 0.25) is 0 Å². The molecule has 1 N–H and O–H groups in total. The molecule has 3 aromatic rings. The zero-order valence-electron chi connectivity index (χ0n) is 12.0. The van der Waals surface area contributed by atoms with Gasteiger partial charge in [0.15, 0.2) is 0 Å². The summed E-state index contributed by atoms with van der Waals surface area (Å²) in [6.45, 7) is 0. The molecule has 0 bridgehead atoms. The molecule has 0 heterocycles. The molecule has 0 aliphatic rings. The summed E-state index contributed by atoms with van der Waals surface area (Å²) in [4.78, 5) is 12.4. The second-order valence-corrected chi connectivity index (χ2v) is 5.72. The summed E-state index contributed by atoms with van der Waals surface area (Å²) in [7, 11) is 1.60. The van der Waals surface area contributed by atoms with Gasteiger partial charge in [0.25, 0.3) is 5.91 Å². The molecule has 0 aromatic heterocycles. The lowest BCUT2D eigenvalue weighted by Gasteiger charge is -2.09. The van der Waals surface area contributed by atoms with Crippen molar-refractivity contribution in [3.63, 3.8) is 0 Å². The topological polar surface area (TPSA) is 38.3 Å². The van der Waals surface area contributed by atoms with Gasteiger partial charge in [-0.2, -0.15) is 0 Å². The molecule has 0 saturated heterocycles. The number of methoxy groups -OCH3 is 1. The standard InChI is InChI=1S/C18H14BrNO2/c1-22-17-9-8-15(11-16(17)19)20-18(21)14-7-6-12-4-2-3-5-13(12)10-14/h2-11H,1H3,(H,20,21). The number of rotatable bonds is 3. The number of benzene rings is 3. The van der Waals surface area contributed by atoms with Crippen molar-refractivity contribution in [3.8, 4) is 5.75 Å². The third kappa shape index (κ3) is 2.97. The van der Waals surface area contributed by atoms with E-state index in [9.17, 15) is 4.79 Å². The molecule has 0 aliphatic carbocycles. The highest BCUT2D eigenvalue weighted by Gasteiger charge is 2.08. The van der Waals surface area contributed by atoms with E-state index in [1.807, 2.05) is 54.6 Å². The summed E-state index contributed by atoms with van der Waals surface area (Å²) in [6.07, 6.45) is 0. The highest BCUT2D eigenvalue weighted by Crippen LogP contribution is 2.28. The van der Waals surface area contributed by atoms with Crippen LogP contribution in [0.4, 0.5) is 5.69 Å². The first-order chi connectivity index (χ1) is 10.7. The maximum Gasteiger partial charge on any atom is 0.255 e. The molecule has 4 heteroatoms. The van der Waals surface area contributed by atoms with Crippen LogP contribution in [-0.4, -0.2) is 13.0 Å². The lowest BCUT2D eigenvalue weighted by Crippen LogP contribution is -2.11. The van der Waals surface area contributed by atoms with Crippen LogP contribution >= 0.6 is 15.9 Å². The van der Waals surface area contributed by atoms with E-state index in [1.54, 1.807) is 13.2 Å². The lowest BCUT2D eigenvalue weighted by atomic mass is 10.1. The van der Waals surface area contributed by atoms with Crippen LogP contribution in [0.5, 0.6) is 5.75 Å². The summed E-state index contributed by atoms with van der Waals surface area (Å²) in [6, 6.07) is 19.1. The average molecular weight is 356 g/mol. The van der Waals surface area contributed by atoms with E-state index in [1.165, 1.54) is 0 Å². The Balaban J connectivity index is 1.85. The third-order valence-corrected chi connectivity index (χ3v) is 4.04. The number of carbonyl (C=O) groups excluding carboxylic acids is 1. The van der Waals surface area contributed by atoms with E-state index in [0.717, 1.165) is 21.0 Å². The molecule has 22 heavy (non-hydrogen) atoms. The molecule has 0 saturated carbocycles. The van der Waals surface area contributed by atoms with E-state index in [0.29, 0.717) is 11.3 Å². The number of hydrogen-bond donors (Lipinski definition) is 1. The largest absolute Gasteiger partial charge is 0.496 e. The Morgan fingerprint density at radius 1 is 1.00 bits per heavy atom. The van der Waals surface area contributed by atoms with Crippen LogP contribution in [0.2, 0.25) is 0 Å². The van der Waals surface area contributed by atoms with Crippen molar-refractivity contribution in [2.24, 2.45) is 0 Å². The number of fused-ring (bicyclic) bond motifs is 1. The Morgan fingerprint density at radius 2 is 1.77 bits per heavy atom. The highest BCUT2D eigenvalue weighted by molar-refractivity contribution is 9.10. The van der Waals surface area contributed by atoms with Crippen molar-refractivity contribution < 1.29 is 9.53 Å². The van der Waals surface area contributed by atoms with Gasteiger partial charge in [0, 0.05) is 11.3 Å². The van der Waals surface area contributed by atoms with Crippen molar-refractivity contribution in [1.82, 2.24) is 0 Å². The Bertz CT molecular complexity index is 845. The predicted octanol–water partition coefficient (Wildman–Crippen LogP) is 4.86. The first-order valence-electron chi connectivity index (χ1n) is 6.81. The van der Waals surface area contributed by atoms with E-state index < -0.39 is 0 Å². The number of carbonyl (C=O) groups is 1. The van der Waals surface area contributed by atoms with Crippen molar-refractivity contribution in [2.45, 2.75) is 0 Å². The Morgan fingerprint density at radius 3 is 2.50 bits per heavy atom. The van der Waals surface area contributed by atoms with Gasteiger partial charge in [-0.25, -0.2) is 0 Å². The fourth-order valence-corrected chi connectivity index (χ4v) is 2.82. The van der Waals surface area contributed by atoms with Crippen LogP contribution in [0.3, 0.4) is 0 Å². The Labute approximate surface area is 137 Å². The maximum atomic E-state index is 12.4. The molecule has 0 atom stereocenters. The van der Waals surface area contributed by atoms with E-state index in [2.05, 4.69) is 21.2 Å².